The minimum Gasteiger partial charge on any atom is -0.482 e. The van der Waals surface area contributed by atoms with Gasteiger partial charge in [-0.1, -0.05) is 30.3 Å². The zero-order valence-electron chi connectivity index (χ0n) is 16.5. The number of aromatic nitrogens is 2. The Bertz CT molecular complexity index is 1100. The van der Waals surface area contributed by atoms with Gasteiger partial charge in [-0.15, -0.1) is 0 Å². The third kappa shape index (κ3) is 4.84. The van der Waals surface area contributed by atoms with E-state index in [0.717, 1.165) is 19.5 Å². The molecule has 1 unspecified atom stereocenters. The second kappa shape index (κ2) is 9.06. The molecule has 4 rings (SSSR count). The van der Waals surface area contributed by atoms with E-state index >= 15 is 0 Å². The lowest BCUT2D eigenvalue weighted by Crippen LogP contribution is -2.42. The number of nitrogens with zero attached hydrogens (tertiary/aromatic N) is 2. The molecule has 1 aliphatic rings. The molecule has 30 heavy (non-hydrogen) atoms. The first kappa shape index (κ1) is 20.1. The molecule has 0 aliphatic carbocycles. The molecule has 0 spiro atoms. The third-order valence-corrected chi connectivity index (χ3v) is 5.15. The van der Waals surface area contributed by atoms with Crippen molar-refractivity contribution in [2.45, 2.75) is 19.1 Å². The van der Waals surface area contributed by atoms with Crippen LogP contribution in [0.25, 0.3) is 11.0 Å². The van der Waals surface area contributed by atoms with Crippen LogP contribution < -0.4 is 15.6 Å². The van der Waals surface area contributed by atoms with E-state index in [1.165, 1.54) is 17.3 Å². The van der Waals surface area contributed by atoms with Crippen molar-refractivity contribution in [2.75, 3.05) is 26.2 Å². The Labute approximate surface area is 173 Å². The van der Waals surface area contributed by atoms with Crippen LogP contribution in [-0.4, -0.2) is 58.2 Å². The molecule has 2 aromatic carbocycles. The van der Waals surface area contributed by atoms with Crippen LogP contribution >= 0.6 is 0 Å². The van der Waals surface area contributed by atoms with Gasteiger partial charge >= 0.3 is 0 Å². The third-order valence-electron chi connectivity index (χ3n) is 5.15. The van der Waals surface area contributed by atoms with E-state index in [1.54, 1.807) is 18.2 Å². The number of carbonyl (C=O) groups excluding carboxylic acids is 1. The minimum absolute atomic E-state index is 0.147. The molecule has 8 heteroatoms. The average molecular weight is 408 g/mol. The highest BCUT2D eigenvalue weighted by Crippen LogP contribution is 2.20. The maximum Gasteiger partial charge on any atom is 0.266 e. The largest absolute Gasteiger partial charge is 0.482 e. The number of hydrogen-bond donors (Lipinski definition) is 3. The number of amides is 1. The topological polar surface area (TPSA) is 108 Å². The average Bonchev–Trinajstić information content (AvgIpc) is 2.76. The molecule has 1 aromatic heterocycles. The molecule has 0 bridgehead atoms. The van der Waals surface area contributed by atoms with E-state index in [4.69, 9.17) is 4.74 Å². The van der Waals surface area contributed by atoms with E-state index in [9.17, 15) is 14.7 Å². The monoisotopic (exact) mass is 408 g/mol. The first-order valence-electron chi connectivity index (χ1n) is 9.93. The number of aliphatic hydroxyl groups is 1. The molecule has 0 radical (unpaired) electrons. The Morgan fingerprint density at radius 3 is 2.93 bits per heavy atom. The van der Waals surface area contributed by atoms with Crippen molar-refractivity contribution >= 4 is 16.9 Å². The Balaban J connectivity index is 1.24. The number of β-amino-alcohol motifs (C(OH)–C–C–N with tert-alkyl or cyclic N) is 1. The summed E-state index contributed by atoms with van der Waals surface area (Å²) in [5, 5.41) is 13.0. The molecule has 1 aliphatic heterocycles. The summed E-state index contributed by atoms with van der Waals surface area (Å²) < 4.78 is 5.54. The number of carbonyl (C=O) groups is 1. The van der Waals surface area contributed by atoms with Crippen molar-refractivity contribution < 1.29 is 14.6 Å². The summed E-state index contributed by atoms with van der Waals surface area (Å²) in [6, 6.07) is 13.5. The normalized spacial score (nSPS) is 14.8. The molecule has 3 N–H and O–H groups in total. The molecule has 1 atom stereocenters. The van der Waals surface area contributed by atoms with E-state index < -0.39 is 6.10 Å². The van der Waals surface area contributed by atoms with Crippen LogP contribution in [0.3, 0.4) is 0 Å². The molecule has 0 saturated heterocycles. The van der Waals surface area contributed by atoms with Gasteiger partial charge in [0.2, 0.25) is 0 Å². The van der Waals surface area contributed by atoms with Crippen LogP contribution in [-0.2, 0) is 17.8 Å². The Morgan fingerprint density at radius 2 is 2.07 bits per heavy atom. The fourth-order valence-corrected chi connectivity index (χ4v) is 3.66. The zero-order valence-corrected chi connectivity index (χ0v) is 16.5. The van der Waals surface area contributed by atoms with E-state index in [0.29, 0.717) is 23.3 Å². The zero-order chi connectivity index (χ0) is 20.9. The van der Waals surface area contributed by atoms with E-state index in [2.05, 4.69) is 32.3 Å². The van der Waals surface area contributed by atoms with Gasteiger partial charge in [0.15, 0.2) is 6.61 Å². The maximum absolute atomic E-state index is 12.1. The van der Waals surface area contributed by atoms with Crippen LogP contribution in [0.2, 0.25) is 0 Å². The van der Waals surface area contributed by atoms with Crippen molar-refractivity contribution in [3.8, 4) is 5.75 Å². The van der Waals surface area contributed by atoms with Crippen LogP contribution in [0.5, 0.6) is 5.75 Å². The first-order chi connectivity index (χ1) is 14.6. The molecule has 156 valence electrons. The lowest BCUT2D eigenvalue weighted by molar-refractivity contribution is -0.123. The fourth-order valence-electron chi connectivity index (χ4n) is 3.66. The van der Waals surface area contributed by atoms with Gasteiger partial charge in [0.05, 0.1) is 17.8 Å². The van der Waals surface area contributed by atoms with Crippen LogP contribution in [0.1, 0.15) is 11.1 Å². The summed E-state index contributed by atoms with van der Waals surface area (Å²) in [5.41, 5.74) is 3.33. The predicted octanol–water partition coefficient (Wildman–Crippen LogP) is 0.837. The number of hydrogen-bond acceptors (Lipinski definition) is 6. The molecule has 8 nitrogen and oxygen atoms in total. The highest BCUT2D eigenvalue weighted by Gasteiger charge is 2.18. The first-order valence-corrected chi connectivity index (χ1v) is 9.93. The van der Waals surface area contributed by atoms with Gasteiger partial charge < -0.3 is 20.1 Å². The molecule has 3 aromatic rings. The molecule has 0 fully saturated rings. The number of nitrogens with one attached hydrogen (secondary N) is 2. The number of benzene rings is 2. The van der Waals surface area contributed by atoms with Crippen LogP contribution in [0, 0.1) is 0 Å². The number of aromatic amines is 1. The summed E-state index contributed by atoms with van der Waals surface area (Å²) in [4.78, 5) is 32.5. The number of aliphatic hydroxyl groups excluding tert-OH is 1. The van der Waals surface area contributed by atoms with Gasteiger partial charge in [-0.2, -0.15) is 0 Å². The smallest absolute Gasteiger partial charge is 0.266 e. The van der Waals surface area contributed by atoms with Gasteiger partial charge in [0, 0.05) is 26.2 Å². The molecule has 1 amide bonds. The van der Waals surface area contributed by atoms with Crippen molar-refractivity contribution in [1.82, 2.24) is 20.2 Å². The Hall–Kier alpha value is -3.23. The maximum atomic E-state index is 12.1. The van der Waals surface area contributed by atoms with Crippen molar-refractivity contribution in [1.29, 1.82) is 0 Å². The molecule has 2 heterocycles. The number of para-hydroxylation sites is 1. The molecule has 0 saturated carbocycles. The van der Waals surface area contributed by atoms with Gasteiger partial charge in [-0.3, -0.25) is 14.5 Å². The molecular formula is C22H24N4O4. The van der Waals surface area contributed by atoms with Gasteiger partial charge in [0.1, 0.15) is 11.3 Å². The van der Waals surface area contributed by atoms with Crippen molar-refractivity contribution in [2.24, 2.45) is 0 Å². The summed E-state index contributed by atoms with van der Waals surface area (Å²) >= 11 is 0. The molecular weight excluding hydrogens is 384 g/mol. The lowest BCUT2D eigenvalue weighted by atomic mass is 10.00. The second-order valence-electron chi connectivity index (χ2n) is 7.40. The van der Waals surface area contributed by atoms with Crippen LogP contribution in [0.15, 0.2) is 53.5 Å². The van der Waals surface area contributed by atoms with Gasteiger partial charge in [0.25, 0.3) is 11.5 Å². The summed E-state index contributed by atoms with van der Waals surface area (Å²) in [6.07, 6.45) is 1.49. The fraction of sp³-hybridized carbons (Fsp3) is 0.318. The van der Waals surface area contributed by atoms with E-state index in [-0.39, 0.29) is 24.6 Å². The SMILES string of the molecule is O=C(COc1cccc2ncc(=O)[nH]c12)NCC(O)CN1CCc2ccccc2C1. The van der Waals surface area contributed by atoms with Gasteiger partial charge in [-0.05, 0) is 29.7 Å². The van der Waals surface area contributed by atoms with Gasteiger partial charge in [-0.25, -0.2) is 4.98 Å². The number of rotatable bonds is 7. The second-order valence-corrected chi connectivity index (χ2v) is 7.40. The minimum atomic E-state index is -0.669. The number of H-pyrrole nitrogens is 1. The quantitative estimate of drug-likeness (QED) is 0.535. The van der Waals surface area contributed by atoms with Crippen molar-refractivity contribution in [3.05, 3.63) is 70.1 Å². The van der Waals surface area contributed by atoms with E-state index in [1.807, 2.05) is 12.1 Å². The Kier molecular flexibility index (Phi) is 6.06. The van der Waals surface area contributed by atoms with Crippen LogP contribution in [0.4, 0.5) is 0 Å². The predicted molar refractivity (Wildman–Crippen MR) is 112 cm³/mol. The standard InChI is InChI=1S/C22H24N4O4/c27-17(13-26-9-8-15-4-1-2-5-16(15)12-26)10-24-21(29)14-30-19-7-3-6-18-22(19)25-20(28)11-23-18/h1-7,11,17,27H,8-10,12-14H2,(H,24,29)(H,25,28). The Morgan fingerprint density at radius 1 is 1.23 bits per heavy atom. The summed E-state index contributed by atoms with van der Waals surface area (Å²) in [5.74, 6) is 0.0293. The number of ether oxygens (including phenoxy) is 1. The summed E-state index contributed by atoms with van der Waals surface area (Å²) in [7, 11) is 0. The van der Waals surface area contributed by atoms with Crippen molar-refractivity contribution in [3.63, 3.8) is 0 Å². The summed E-state index contributed by atoms with van der Waals surface area (Å²) in [6.45, 7) is 2.11. The lowest BCUT2D eigenvalue weighted by Gasteiger charge is -2.30. The number of fused-ring (bicyclic) bond motifs is 2. The highest BCUT2D eigenvalue weighted by molar-refractivity contribution is 5.82. The highest BCUT2D eigenvalue weighted by atomic mass is 16.5.